The Morgan fingerprint density at radius 1 is 1.00 bits per heavy atom. The SMILES string of the molecule is O=S(=O)(OC(F)(F)F)C(F)(F)F.[H-].[Na+]. The summed E-state index contributed by atoms with van der Waals surface area (Å²) in [5.74, 6) is 0. The minimum atomic E-state index is -6.58. The van der Waals surface area contributed by atoms with Crippen LogP contribution in [0.1, 0.15) is 1.43 Å². The van der Waals surface area contributed by atoms with Crippen LogP contribution < -0.4 is 29.6 Å². The van der Waals surface area contributed by atoms with Gasteiger partial charge in [-0.3, -0.25) is 0 Å². The fourth-order valence-corrected chi connectivity index (χ4v) is 0.515. The summed E-state index contributed by atoms with van der Waals surface area (Å²) in [6.45, 7) is 0. The molecule has 0 aromatic rings. The molecular formula is C2HF6NaO3S. The summed E-state index contributed by atoms with van der Waals surface area (Å²) in [7, 11) is -6.58. The quantitative estimate of drug-likeness (QED) is 0.243. The van der Waals surface area contributed by atoms with Crippen LogP contribution in [-0.2, 0) is 14.3 Å². The molecule has 0 aromatic heterocycles. The molecule has 0 aliphatic carbocycles. The normalized spacial score (nSPS) is 13.7. The van der Waals surface area contributed by atoms with Crippen molar-refractivity contribution in [3.05, 3.63) is 0 Å². The van der Waals surface area contributed by atoms with Gasteiger partial charge in [0.2, 0.25) is 0 Å². The molecule has 0 unspecified atom stereocenters. The van der Waals surface area contributed by atoms with Crippen LogP contribution in [0.2, 0.25) is 0 Å². The minimum absolute atomic E-state index is 0. The third-order valence-electron chi connectivity index (χ3n) is 0.488. The van der Waals surface area contributed by atoms with Crippen molar-refractivity contribution in [2.45, 2.75) is 11.9 Å². The summed E-state index contributed by atoms with van der Waals surface area (Å²) in [6, 6.07) is 0. The van der Waals surface area contributed by atoms with E-state index in [4.69, 9.17) is 0 Å². The molecule has 13 heavy (non-hydrogen) atoms. The number of hydrogen-bond donors (Lipinski definition) is 0. The molecule has 0 N–H and O–H groups in total. The molecule has 0 amide bonds. The zero-order chi connectivity index (χ0) is 10.2. The molecule has 0 aromatic carbocycles. The van der Waals surface area contributed by atoms with Crippen molar-refractivity contribution in [3.63, 3.8) is 0 Å². The molecule has 11 heteroatoms. The van der Waals surface area contributed by atoms with Crippen LogP contribution in [0.25, 0.3) is 0 Å². The van der Waals surface area contributed by atoms with Crippen molar-refractivity contribution >= 4 is 10.1 Å². The van der Waals surface area contributed by atoms with E-state index in [1.807, 2.05) is 4.18 Å². The Kier molecular flexibility index (Phi) is 5.32. The van der Waals surface area contributed by atoms with Gasteiger partial charge in [0.1, 0.15) is 0 Å². The van der Waals surface area contributed by atoms with E-state index < -0.39 is 22.0 Å². The molecule has 0 spiro atoms. The van der Waals surface area contributed by atoms with Crippen LogP contribution >= 0.6 is 0 Å². The summed E-state index contributed by atoms with van der Waals surface area (Å²) in [6.07, 6.45) is -5.87. The van der Waals surface area contributed by atoms with Gasteiger partial charge < -0.3 is 1.43 Å². The van der Waals surface area contributed by atoms with Gasteiger partial charge in [-0.15, -0.1) is 13.2 Å². The van der Waals surface area contributed by atoms with Crippen molar-refractivity contribution in [1.29, 1.82) is 0 Å². The molecule has 0 heterocycles. The molecule has 0 aliphatic heterocycles. The maximum absolute atomic E-state index is 11.2. The van der Waals surface area contributed by atoms with Gasteiger partial charge in [-0.2, -0.15) is 25.8 Å². The molecule has 76 valence electrons. The van der Waals surface area contributed by atoms with Gasteiger partial charge in [-0.1, -0.05) is 0 Å². The Morgan fingerprint density at radius 3 is 1.38 bits per heavy atom. The maximum Gasteiger partial charge on any atom is 1.00 e. The number of hydrogen-bond acceptors (Lipinski definition) is 3. The minimum Gasteiger partial charge on any atom is -1.00 e. The first-order valence-corrected chi connectivity index (χ1v) is 3.45. The van der Waals surface area contributed by atoms with Crippen LogP contribution in [0.3, 0.4) is 0 Å². The van der Waals surface area contributed by atoms with Gasteiger partial charge in [0.15, 0.2) is 0 Å². The smallest absolute Gasteiger partial charge is 1.00 e. The van der Waals surface area contributed by atoms with Crippen LogP contribution in [-0.4, -0.2) is 20.3 Å². The van der Waals surface area contributed by atoms with E-state index in [2.05, 4.69) is 0 Å². The van der Waals surface area contributed by atoms with Gasteiger partial charge in [-0.25, -0.2) is 0 Å². The first-order valence-electron chi connectivity index (χ1n) is 2.04. The molecule has 0 bridgehead atoms. The van der Waals surface area contributed by atoms with E-state index in [1.54, 1.807) is 0 Å². The standard InChI is InChI=1S/C2F6O3S.Na.H/c3-1(4,5)11-12(9,10)2(6,7)8;;/q;+1;-1. The molecular weight excluding hydrogens is 241 g/mol. The van der Waals surface area contributed by atoms with E-state index in [9.17, 15) is 34.8 Å². The van der Waals surface area contributed by atoms with E-state index >= 15 is 0 Å². The number of halogens is 6. The van der Waals surface area contributed by atoms with Crippen molar-refractivity contribution in [3.8, 4) is 0 Å². The van der Waals surface area contributed by atoms with Gasteiger partial charge in [-0.05, 0) is 0 Å². The fourth-order valence-electron chi connectivity index (χ4n) is 0.172. The van der Waals surface area contributed by atoms with Crippen LogP contribution in [0.15, 0.2) is 0 Å². The molecule has 3 nitrogen and oxygen atoms in total. The summed E-state index contributed by atoms with van der Waals surface area (Å²) < 4.78 is 87.4. The Hall–Kier alpha value is 0.490. The molecule has 0 fully saturated rings. The maximum atomic E-state index is 11.2. The number of alkyl halides is 6. The average Bonchev–Trinajstić information content (AvgIpc) is 1.52. The monoisotopic (exact) mass is 242 g/mol. The third-order valence-corrected chi connectivity index (χ3v) is 1.46. The Labute approximate surface area is 91.9 Å². The average molecular weight is 242 g/mol. The van der Waals surface area contributed by atoms with Crippen molar-refractivity contribution in [2.24, 2.45) is 0 Å². The van der Waals surface area contributed by atoms with Gasteiger partial charge in [0.05, 0.1) is 0 Å². The Morgan fingerprint density at radius 2 is 1.31 bits per heavy atom. The first kappa shape index (κ1) is 15.9. The first-order chi connectivity index (χ1) is 4.96. The Bertz CT molecular complexity index is 255. The molecule has 0 saturated heterocycles. The zero-order valence-corrected chi connectivity index (χ0v) is 8.72. The largest absolute Gasteiger partial charge is 1.00 e. The summed E-state index contributed by atoms with van der Waals surface area (Å²) in [5, 5.41) is 0. The number of rotatable bonds is 1. The second-order valence-electron chi connectivity index (χ2n) is 1.43. The van der Waals surface area contributed by atoms with Crippen LogP contribution in [0.4, 0.5) is 26.3 Å². The molecule has 0 rings (SSSR count). The predicted molar refractivity (Wildman–Crippen MR) is 23.2 cm³/mol. The molecule has 0 atom stereocenters. The zero-order valence-electron chi connectivity index (χ0n) is 6.90. The van der Waals surface area contributed by atoms with E-state index in [0.717, 1.165) is 0 Å². The second-order valence-corrected chi connectivity index (χ2v) is 2.97. The third kappa shape index (κ3) is 5.73. The topological polar surface area (TPSA) is 43.4 Å². The van der Waals surface area contributed by atoms with Crippen molar-refractivity contribution in [2.75, 3.05) is 0 Å². The molecule has 0 saturated carbocycles. The van der Waals surface area contributed by atoms with E-state index in [-0.39, 0.29) is 31.0 Å². The van der Waals surface area contributed by atoms with Crippen molar-refractivity contribution < 1.29 is 69.9 Å². The molecule has 0 aliphatic rings. The van der Waals surface area contributed by atoms with E-state index in [1.165, 1.54) is 0 Å². The van der Waals surface area contributed by atoms with Crippen LogP contribution in [0.5, 0.6) is 0 Å². The predicted octanol–water partition coefficient (Wildman–Crippen LogP) is -1.51. The Balaban J connectivity index is -0.000000605. The van der Waals surface area contributed by atoms with Gasteiger partial charge in [0.25, 0.3) is 0 Å². The molecule has 0 radical (unpaired) electrons. The second kappa shape index (κ2) is 4.34. The van der Waals surface area contributed by atoms with Crippen LogP contribution in [0, 0.1) is 0 Å². The summed E-state index contributed by atoms with van der Waals surface area (Å²) in [4.78, 5) is 0. The van der Waals surface area contributed by atoms with E-state index in [0.29, 0.717) is 0 Å². The van der Waals surface area contributed by atoms with Crippen molar-refractivity contribution in [1.82, 2.24) is 0 Å². The van der Waals surface area contributed by atoms with Gasteiger partial charge in [0, 0.05) is 0 Å². The van der Waals surface area contributed by atoms with Gasteiger partial charge >= 0.3 is 51.5 Å². The fraction of sp³-hybridized carbons (Fsp3) is 1.00. The summed E-state index contributed by atoms with van der Waals surface area (Å²) >= 11 is 0. The summed E-state index contributed by atoms with van der Waals surface area (Å²) in [5.41, 5.74) is -6.07.